The second kappa shape index (κ2) is 10.6. The molecular formula is C26H33N7O3. The molecular weight excluding hydrogens is 458 g/mol. The van der Waals surface area contributed by atoms with Crippen LogP contribution in [0.3, 0.4) is 0 Å². The number of carboxylic acids is 1. The monoisotopic (exact) mass is 491 g/mol. The number of ether oxygens (including phenoxy) is 1. The summed E-state index contributed by atoms with van der Waals surface area (Å²) in [6, 6.07) is 5.82. The van der Waals surface area contributed by atoms with Gasteiger partial charge in [-0.3, -0.25) is 4.79 Å². The summed E-state index contributed by atoms with van der Waals surface area (Å²) in [6.45, 7) is 2.50. The van der Waals surface area contributed by atoms with Crippen LogP contribution in [0, 0.1) is 5.92 Å². The minimum atomic E-state index is -0.739. The van der Waals surface area contributed by atoms with Crippen molar-refractivity contribution in [1.29, 1.82) is 0 Å². The second-order valence-corrected chi connectivity index (χ2v) is 9.73. The van der Waals surface area contributed by atoms with Crippen molar-refractivity contribution in [2.75, 3.05) is 5.32 Å². The van der Waals surface area contributed by atoms with Gasteiger partial charge >= 0.3 is 5.97 Å². The van der Waals surface area contributed by atoms with Crippen LogP contribution in [0.5, 0.6) is 5.75 Å². The average molecular weight is 492 g/mol. The summed E-state index contributed by atoms with van der Waals surface area (Å²) in [4.78, 5) is 25.3. The Morgan fingerprint density at radius 2 is 2.00 bits per heavy atom. The Hall–Kier alpha value is -3.56. The van der Waals surface area contributed by atoms with Crippen molar-refractivity contribution >= 4 is 11.9 Å². The van der Waals surface area contributed by atoms with E-state index >= 15 is 0 Å². The van der Waals surface area contributed by atoms with Crippen LogP contribution in [0.1, 0.15) is 74.9 Å². The van der Waals surface area contributed by atoms with Gasteiger partial charge in [0.05, 0.1) is 35.6 Å². The molecule has 2 aliphatic carbocycles. The lowest BCUT2D eigenvalue weighted by Crippen LogP contribution is -2.29. The number of rotatable bonds is 9. The molecule has 3 heterocycles. The predicted octanol–water partition coefficient (Wildman–Crippen LogP) is 4.13. The molecule has 2 aliphatic rings. The smallest absolute Gasteiger partial charge is 0.306 e. The molecule has 0 aromatic carbocycles. The van der Waals surface area contributed by atoms with Gasteiger partial charge in [0.15, 0.2) is 0 Å². The maximum atomic E-state index is 11.4. The van der Waals surface area contributed by atoms with Gasteiger partial charge in [0.25, 0.3) is 0 Å². The minimum absolute atomic E-state index is 0.107. The third-order valence-corrected chi connectivity index (χ3v) is 7.34. The molecule has 0 saturated heterocycles. The molecule has 36 heavy (non-hydrogen) atoms. The van der Waals surface area contributed by atoms with E-state index in [1.807, 2.05) is 38.4 Å². The maximum Gasteiger partial charge on any atom is 0.306 e. The number of nitrogens with one attached hydrogen (secondary N) is 1. The third kappa shape index (κ3) is 5.17. The number of aromatic nitrogens is 6. The van der Waals surface area contributed by atoms with E-state index in [0.29, 0.717) is 49.1 Å². The zero-order valence-corrected chi connectivity index (χ0v) is 20.9. The Kier molecular flexibility index (Phi) is 7.11. The zero-order valence-electron chi connectivity index (χ0n) is 20.9. The van der Waals surface area contributed by atoms with Crippen molar-refractivity contribution in [3.8, 4) is 17.1 Å². The number of aryl methyl sites for hydroxylation is 2. The number of carbonyl (C=O) groups is 1. The van der Waals surface area contributed by atoms with Gasteiger partial charge in [-0.15, -0.1) is 5.10 Å². The van der Waals surface area contributed by atoms with Gasteiger partial charge in [-0.25, -0.2) is 19.6 Å². The van der Waals surface area contributed by atoms with Gasteiger partial charge < -0.3 is 15.2 Å². The molecule has 190 valence electrons. The van der Waals surface area contributed by atoms with Crippen LogP contribution in [0.2, 0.25) is 0 Å². The van der Waals surface area contributed by atoms with Crippen LogP contribution in [-0.2, 0) is 24.8 Å². The van der Waals surface area contributed by atoms with Crippen LogP contribution in [0.15, 0.2) is 24.4 Å². The Balaban J connectivity index is 1.31. The van der Waals surface area contributed by atoms with Gasteiger partial charge in [0.1, 0.15) is 11.4 Å². The molecule has 10 nitrogen and oxygen atoms in total. The topological polar surface area (TPSA) is 128 Å². The van der Waals surface area contributed by atoms with Crippen molar-refractivity contribution < 1.29 is 14.6 Å². The summed E-state index contributed by atoms with van der Waals surface area (Å²) in [5.41, 5.74) is 4.23. The number of aliphatic carboxylic acids is 1. The molecule has 10 heteroatoms. The Labute approximate surface area is 210 Å². The van der Waals surface area contributed by atoms with E-state index in [1.54, 1.807) is 4.68 Å². The lowest BCUT2D eigenvalue weighted by Gasteiger charge is -2.28. The van der Waals surface area contributed by atoms with Crippen molar-refractivity contribution in [3.05, 3.63) is 41.5 Å². The molecule has 3 aromatic heterocycles. The van der Waals surface area contributed by atoms with Gasteiger partial charge in [0.2, 0.25) is 5.95 Å². The van der Waals surface area contributed by atoms with Crippen molar-refractivity contribution in [3.63, 3.8) is 0 Å². The van der Waals surface area contributed by atoms with Gasteiger partial charge in [-0.2, -0.15) is 0 Å². The number of hydrogen-bond acceptors (Lipinski definition) is 8. The first-order valence-corrected chi connectivity index (χ1v) is 12.9. The fourth-order valence-corrected chi connectivity index (χ4v) is 4.96. The molecule has 3 aromatic rings. The van der Waals surface area contributed by atoms with E-state index in [2.05, 4.69) is 20.6 Å². The molecule has 0 unspecified atom stereocenters. The van der Waals surface area contributed by atoms with Crippen LogP contribution in [0.25, 0.3) is 11.4 Å². The average Bonchev–Trinajstić information content (AvgIpc) is 3.22. The summed E-state index contributed by atoms with van der Waals surface area (Å²) < 4.78 is 7.98. The second-order valence-electron chi connectivity index (χ2n) is 9.73. The molecule has 2 fully saturated rings. The normalized spacial score (nSPS) is 20.1. The van der Waals surface area contributed by atoms with Gasteiger partial charge in [-0.05, 0) is 63.1 Å². The van der Waals surface area contributed by atoms with Gasteiger partial charge in [-0.1, -0.05) is 18.6 Å². The standard InChI is InChI=1S/C26H33N7O3/c1-3-19-23(36-18-9-5-8-17(14-18)25(34)35)11-10-21(29-19)24-22(33(2)32-31-24)15-28-26-27-13-12-20(30-26)16-6-4-7-16/h10-13,16-18H,3-9,14-15H2,1-2H3,(H,34,35)(H,27,28,30)/t17-,18-/m0/s1. The number of pyridine rings is 1. The highest BCUT2D eigenvalue weighted by atomic mass is 16.5. The van der Waals surface area contributed by atoms with Gasteiger partial charge in [0, 0.05) is 24.9 Å². The summed E-state index contributed by atoms with van der Waals surface area (Å²) in [6.07, 6.45) is 9.01. The largest absolute Gasteiger partial charge is 0.488 e. The van der Waals surface area contributed by atoms with E-state index in [0.717, 1.165) is 35.6 Å². The lowest BCUT2D eigenvalue weighted by molar-refractivity contribution is -0.143. The van der Waals surface area contributed by atoms with Crippen molar-refractivity contribution in [1.82, 2.24) is 29.9 Å². The zero-order chi connectivity index (χ0) is 25.1. The first-order valence-electron chi connectivity index (χ1n) is 12.9. The fraction of sp³-hybridized carbons (Fsp3) is 0.538. The summed E-state index contributed by atoms with van der Waals surface area (Å²) >= 11 is 0. The fourth-order valence-electron chi connectivity index (χ4n) is 4.96. The highest BCUT2D eigenvalue weighted by Gasteiger charge is 2.29. The summed E-state index contributed by atoms with van der Waals surface area (Å²) in [7, 11) is 1.86. The van der Waals surface area contributed by atoms with E-state index in [1.165, 1.54) is 19.3 Å². The molecule has 2 atom stereocenters. The number of anilines is 1. The predicted molar refractivity (Wildman–Crippen MR) is 134 cm³/mol. The molecule has 0 amide bonds. The number of nitrogens with zero attached hydrogens (tertiary/aromatic N) is 6. The lowest BCUT2D eigenvalue weighted by atomic mass is 9.83. The molecule has 0 bridgehead atoms. The highest BCUT2D eigenvalue weighted by molar-refractivity contribution is 5.70. The molecule has 2 N–H and O–H groups in total. The number of carboxylic acid groups (broad SMARTS) is 1. The Bertz CT molecular complexity index is 1220. The quantitative estimate of drug-likeness (QED) is 0.454. The Morgan fingerprint density at radius 1 is 1.17 bits per heavy atom. The molecule has 0 aliphatic heterocycles. The Morgan fingerprint density at radius 3 is 2.75 bits per heavy atom. The SMILES string of the molecule is CCc1nc(-c2nnn(C)c2CNc2nccc(C3CCC3)n2)ccc1O[C@H]1CCC[C@H](C(=O)O)C1. The third-order valence-electron chi connectivity index (χ3n) is 7.34. The summed E-state index contributed by atoms with van der Waals surface area (Å²) in [5.74, 6) is 0.778. The molecule has 5 rings (SSSR count). The van der Waals surface area contributed by atoms with Crippen LogP contribution >= 0.6 is 0 Å². The van der Waals surface area contributed by atoms with Crippen molar-refractivity contribution in [2.45, 2.75) is 76.9 Å². The van der Waals surface area contributed by atoms with Crippen LogP contribution < -0.4 is 10.1 Å². The van der Waals surface area contributed by atoms with E-state index in [4.69, 9.17) is 14.7 Å². The van der Waals surface area contributed by atoms with Crippen LogP contribution in [-0.4, -0.2) is 47.1 Å². The molecule has 0 spiro atoms. The first kappa shape index (κ1) is 24.1. The van der Waals surface area contributed by atoms with Crippen molar-refractivity contribution in [2.24, 2.45) is 13.0 Å². The molecule has 2 saturated carbocycles. The van der Waals surface area contributed by atoms with E-state index in [-0.39, 0.29) is 12.0 Å². The van der Waals surface area contributed by atoms with E-state index in [9.17, 15) is 9.90 Å². The van der Waals surface area contributed by atoms with E-state index < -0.39 is 5.97 Å². The summed E-state index contributed by atoms with van der Waals surface area (Å²) in [5, 5.41) is 21.3. The molecule has 0 radical (unpaired) electrons. The maximum absolute atomic E-state index is 11.4. The first-order chi connectivity index (χ1) is 17.5. The minimum Gasteiger partial charge on any atom is -0.488 e. The van der Waals surface area contributed by atoms with Crippen LogP contribution in [0.4, 0.5) is 5.95 Å². The number of hydrogen-bond donors (Lipinski definition) is 2. The highest BCUT2D eigenvalue weighted by Crippen LogP contribution is 2.35.